The maximum Gasteiger partial charge on any atom is 0.226 e. The second kappa shape index (κ2) is 6.75. The Balaban J connectivity index is 0.00000161. The van der Waals surface area contributed by atoms with E-state index in [1.807, 2.05) is 11.0 Å². The Kier molecular flexibility index (Phi) is 5.22. The Bertz CT molecular complexity index is 507. The third-order valence-corrected chi connectivity index (χ3v) is 4.39. The first-order valence-corrected chi connectivity index (χ1v) is 7.44. The minimum absolute atomic E-state index is 0. The van der Waals surface area contributed by atoms with Crippen LogP contribution in [0.15, 0.2) is 24.3 Å². The minimum Gasteiger partial charge on any atom is -0.335 e. The smallest absolute Gasteiger partial charge is 0.226 e. The van der Waals surface area contributed by atoms with Crippen molar-refractivity contribution in [3.63, 3.8) is 0 Å². The molecule has 0 aliphatic heterocycles. The van der Waals surface area contributed by atoms with Crippen LogP contribution < -0.4 is 5.73 Å². The van der Waals surface area contributed by atoms with Gasteiger partial charge in [0, 0.05) is 30.1 Å². The van der Waals surface area contributed by atoms with Gasteiger partial charge in [-0.15, -0.1) is 12.4 Å². The lowest BCUT2D eigenvalue weighted by molar-refractivity contribution is -0.136. The Morgan fingerprint density at radius 2 is 1.95 bits per heavy atom. The van der Waals surface area contributed by atoms with Crippen molar-refractivity contribution < 1.29 is 9.18 Å². The van der Waals surface area contributed by atoms with Gasteiger partial charge in [0.05, 0.1) is 0 Å². The van der Waals surface area contributed by atoms with Crippen LogP contribution >= 0.6 is 12.4 Å². The van der Waals surface area contributed by atoms with Gasteiger partial charge in [-0.1, -0.05) is 18.2 Å². The predicted molar refractivity (Wildman–Crippen MR) is 82.5 cm³/mol. The average Bonchev–Trinajstić information content (AvgIpc) is 3.18. The zero-order valence-electron chi connectivity index (χ0n) is 12.0. The number of amides is 1. The van der Waals surface area contributed by atoms with Crippen LogP contribution in [-0.4, -0.2) is 22.9 Å². The van der Waals surface area contributed by atoms with E-state index in [2.05, 4.69) is 0 Å². The molecule has 1 amide bonds. The van der Waals surface area contributed by atoms with Gasteiger partial charge in [-0.2, -0.15) is 0 Å². The first-order chi connectivity index (χ1) is 9.65. The number of hydrogen-bond acceptors (Lipinski definition) is 2. The van der Waals surface area contributed by atoms with Gasteiger partial charge in [0.25, 0.3) is 0 Å². The first-order valence-electron chi connectivity index (χ1n) is 7.44. The Morgan fingerprint density at radius 1 is 1.24 bits per heavy atom. The number of benzene rings is 1. The number of carbonyl (C=O) groups is 1. The number of hydrogen-bond donors (Lipinski definition) is 1. The second-order valence-electron chi connectivity index (χ2n) is 6.06. The average molecular weight is 313 g/mol. The summed E-state index contributed by atoms with van der Waals surface area (Å²) in [5, 5.41) is 0. The summed E-state index contributed by atoms with van der Waals surface area (Å²) < 4.78 is 13.8. The van der Waals surface area contributed by atoms with Crippen LogP contribution in [0.4, 0.5) is 4.39 Å². The molecule has 0 saturated heterocycles. The van der Waals surface area contributed by atoms with E-state index in [4.69, 9.17) is 5.73 Å². The molecule has 2 aliphatic carbocycles. The summed E-state index contributed by atoms with van der Waals surface area (Å²) in [6, 6.07) is 7.17. The van der Waals surface area contributed by atoms with Crippen LogP contribution in [-0.2, 0) is 11.3 Å². The summed E-state index contributed by atoms with van der Waals surface area (Å²) in [6.07, 6.45) is 4.66. The molecule has 2 N–H and O–H groups in total. The zero-order chi connectivity index (χ0) is 14.1. The lowest BCUT2D eigenvalue weighted by atomic mass is 10.1. The van der Waals surface area contributed by atoms with Crippen LogP contribution in [0.5, 0.6) is 0 Å². The van der Waals surface area contributed by atoms with Crippen LogP contribution in [0, 0.1) is 11.7 Å². The molecule has 2 saturated carbocycles. The molecule has 0 spiro atoms. The molecule has 0 radical (unpaired) electrons. The third kappa shape index (κ3) is 3.74. The highest BCUT2D eigenvalue weighted by Gasteiger charge is 2.38. The SMILES string of the molecule is Cl.NC1CCC(C(=O)N(Cc2ccccc2F)C2CC2)C1. The molecule has 5 heteroatoms. The number of carbonyl (C=O) groups excluding carboxylic acids is 1. The molecule has 2 fully saturated rings. The van der Waals surface area contributed by atoms with E-state index in [0.29, 0.717) is 18.2 Å². The fourth-order valence-corrected chi connectivity index (χ4v) is 3.06. The highest BCUT2D eigenvalue weighted by molar-refractivity contribution is 5.85. The summed E-state index contributed by atoms with van der Waals surface area (Å²) >= 11 is 0. The van der Waals surface area contributed by atoms with Crippen molar-refractivity contribution in [2.75, 3.05) is 0 Å². The number of nitrogens with zero attached hydrogens (tertiary/aromatic N) is 1. The van der Waals surface area contributed by atoms with Gasteiger partial charge in [0.2, 0.25) is 5.91 Å². The van der Waals surface area contributed by atoms with Gasteiger partial charge in [0.1, 0.15) is 5.82 Å². The van der Waals surface area contributed by atoms with E-state index in [9.17, 15) is 9.18 Å². The van der Waals surface area contributed by atoms with Crippen LogP contribution in [0.25, 0.3) is 0 Å². The molecule has 116 valence electrons. The lowest BCUT2D eigenvalue weighted by Gasteiger charge is -2.26. The molecule has 3 nitrogen and oxygen atoms in total. The molecule has 2 atom stereocenters. The first kappa shape index (κ1) is 16.2. The molecule has 21 heavy (non-hydrogen) atoms. The normalized spacial score (nSPS) is 24.5. The van der Waals surface area contributed by atoms with Crippen molar-refractivity contribution in [1.82, 2.24) is 4.90 Å². The lowest BCUT2D eigenvalue weighted by Crippen LogP contribution is -2.37. The van der Waals surface area contributed by atoms with Gasteiger partial charge in [-0.3, -0.25) is 4.79 Å². The molecule has 1 aromatic rings. The van der Waals surface area contributed by atoms with Crippen molar-refractivity contribution in [2.45, 2.75) is 50.7 Å². The molecule has 0 aromatic heterocycles. The van der Waals surface area contributed by atoms with E-state index in [1.54, 1.807) is 12.1 Å². The molecule has 0 heterocycles. The number of rotatable bonds is 4. The van der Waals surface area contributed by atoms with Gasteiger partial charge in [-0.25, -0.2) is 4.39 Å². The molecular weight excluding hydrogens is 291 g/mol. The van der Waals surface area contributed by atoms with Gasteiger partial charge >= 0.3 is 0 Å². The summed E-state index contributed by atoms with van der Waals surface area (Å²) in [6.45, 7) is 0.391. The van der Waals surface area contributed by atoms with Gasteiger partial charge in [0.15, 0.2) is 0 Å². The molecule has 0 bridgehead atoms. The fourth-order valence-electron chi connectivity index (χ4n) is 3.06. The van der Waals surface area contributed by atoms with Crippen molar-refractivity contribution in [3.05, 3.63) is 35.6 Å². The quantitative estimate of drug-likeness (QED) is 0.929. The summed E-state index contributed by atoms with van der Waals surface area (Å²) in [5.74, 6) is -0.0184. The number of nitrogens with two attached hydrogens (primary N) is 1. The highest BCUT2D eigenvalue weighted by Crippen LogP contribution is 2.33. The van der Waals surface area contributed by atoms with Crippen LogP contribution in [0.3, 0.4) is 0 Å². The van der Waals surface area contributed by atoms with E-state index < -0.39 is 0 Å². The van der Waals surface area contributed by atoms with Crippen molar-refractivity contribution in [2.24, 2.45) is 11.7 Å². The van der Waals surface area contributed by atoms with E-state index in [-0.39, 0.29) is 36.1 Å². The van der Waals surface area contributed by atoms with Gasteiger partial charge in [-0.05, 0) is 38.2 Å². The zero-order valence-corrected chi connectivity index (χ0v) is 12.8. The Morgan fingerprint density at radius 3 is 2.52 bits per heavy atom. The van der Waals surface area contributed by atoms with Crippen molar-refractivity contribution >= 4 is 18.3 Å². The molecule has 2 unspecified atom stereocenters. The van der Waals surface area contributed by atoms with Crippen LogP contribution in [0.2, 0.25) is 0 Å². The van der Waals surface area contributed by atoms with Crippen LogP contribution in [0.1, 0.15) is 37.7 Å². The van der Waals surface area contributed by atoms with E-state index in [1.165, 1.54) is 6.07 Å². The van der Waals surface area contributed by atoms with Gasteiger partial charge < -0.3 is 10.6 Å². The molecule has 3 rings (SSSR count). The maximum atomic E-state index is 13.8. The monoisotopic (exact) mass is 312 g/mol. The topological polar surface area (TPSA) is 46.3 Å². The fraction of sp³-hybridized carbons (Fsp3) is 0.562. The summed E-state index contributed by atoms with van der Waals surface area (Å²) in [5.41, 5.74) is 6.51. The summed E-state index contributed by atoms with van der Waals surface area (Å²) in [7, 11) is 0. The third-order valence-electron chi connectivity index (χ3n) is 4.39. The Labute approximate surface area is 131 Å². The van der Waals surface area contributed by atoms with E-state index >= 15 is 0 Å². The largest absolute Gasteiger partial charge is 0.335 e. The number of halogens is 2. The summed E-state index contributed by atoms with van der Waals surface area (Å²) in [4.78, 5) is 14.5. The van der Waals surface area contributed by atoms with Crippen molar-refractivity contribution in [1.29, 1.82) is 0 Å². The second-order valence-corrected chi connectivity index (χ2v) is 6.06. The molecule has 1 aromatic carbocycles. The Hall–Kier alpha value is -1.13. The molecular formula is C16H22ClFN2O. The van der Waals surface area contributed by atoms with E-state index in [0.717, 1.165) is 32.1 Å². The van der Waals surface area contributed by atoms with Crippen molar-refractivity contribution in [3.8, 4) is 0 Å². The standard InChI is InChI=1S/C16H21FN2O.ClH/c17-15-4-2-1-3-12(15)10-19(14-7-8-14)16(20)11-5-6-13(18)9-11;/h1-4,11,13-14H,5-10,18H2;1H. The highest BCUT2D eigenvalue weighted by atomic mass is 35.5. The predicted octanol–water partition coefficient (Wildman–Crippen LogP) is 2.87. The molecule has 2 aliphatic rings. The minimum atomic E-state index is -0.228. The maximum absolute atomic E-state index is 13.8.